The van der Waals surface area contributed by atoms with E-state index < -0.39 is 11.9 Å². The molecule has 104 valence electrons. The van der Waals surface area contributed by atoms with Gasteiger partial charge in [-0.15, -0.1) is 6.58 Å². The number of nitrogens with one attached hydrogen (secondary N) is 3. The molecule has 0 unspecified atom stereocenters. The summed E-state index contributed by atoms with van der Waals surface area (Å²) in [6.07, 6.45) is 1.43. The van der Waals surface area contributed by atoms with Gasteiger partial charge in [0.05, 0.1) is 17.7 Å². The van der Waals surface area contributed by atoms with E-state index in [0.29, 0.717) is 17.8 Å². The van der Waals surface area contributed by atoms with Crippen LogP contribution in [-0.2, 0) is 9.59 Å². The van der Waals surface area contributed by atoms with Crippen LogP contribution in [0.1, 0.15) is 16.8 Å². The van der Waals surface area contributed by atoms with Crippen LogP contribution in [0.4, 0.5) is 5.69 Å². The Balaban J connectivity index is 2.11. The van der Waals surface area contributed by atoms with Crippen LogP contribution < -0.4 is 16.0 Å². The highest BCUT2D eigenvalue weighted by atomic mass is 16.2. The molecule has 1 aromatic carbocycles. The molecule has 0 saturated carbocycles. The van der Waals surface area contributed by atoms with Crippen molar-refractivity contribution in [2.24, 2.45) is 0 Å². The molecule has 1 aromatic rings. The molecule has 0 aliphatic carbocycles. The number of amides is 3. The highest BCUT2D eigenvalue weighted by Crippen LogP contribution is 2.18. The smallest absolute Gasteiger partial charge is 0.254 e. The van der Waals surface area contributed by atoms with Gasteiger partial charge in [0, 0.05) is 6.54 Å². The summed E-state index contributed by atoms with van der Waals surface area (Å²) in [7, 11) is 0. The molecule has 6 heteroatoms. The summed E-state index contributed by atoms with van der Waals surface area (Å²) in [5.74, 6) is -1.10. The van der Waals surface area contributed by atoms with Gasteiger partial charge in [0.2, 0.25) is 11.8 Å². The Bertz CT molecular complexity index is 569. The Morgan fingerprint density at radius 2 is 2.10 bits per heavy atom. The highest BCUT2D eigenvalue weighted by Gasteiger charge is 2.29. The normalized spacial score (nSPS) is 17.3. The number of carbonyl (C=O) groups is 3. The van der Waals surface area contributed by atoms with Crippen molar-refractivity contribution in [2.75, 3.05) is 11.9 Å². The topological polar surface area (TPSA) is 87.3 Å². The average Bonchev–Trinajstić information content (AvgIpc) is 2.55. The van der Waals surface area contributed by atoms with E-state index in [1.165, 1.54) is 0 Å². The summed E-state index contributed by atoms with van der Waals surface area (Å²) >= 11 is 0. The number of fused-ring (bicyclic) bond motifs is 1. The van der Waals surface area contributed by atoms with Crippen molar-refractivity contribution in [1.29, 1.82) is 0 Å². The van der Waals surface area contributed by atoms with Crippen molar-refractivity contribution in [3.8, 4) is 0 Å². The number of anilines is 1. The molecule has 0 radical (unpaired) electrons. The molecule has 0 bridgehead atoms. The maximum Gasteiger partial charge on any atom is 0.254 e. The minimum atomic E-state index is -0.889. The Kier molecular flexibility index (Phi) is 4.14. The Morgan fingerprint density at radius 1 is 1.35 bits per heavy atom. The maximum atomic E-state index is 12.0. The van der Waals surface area contributed by atoms with Gasteiger partial charge >= 0.3 is 0 Å². The minimum absolute atomic E-state index is 0.112. The van der Waals surface area contributed by atoms with E-state index in [1.54, 1.807) is 30.3 Å². The van der Waals surface area contributed by atoms with Crippen molar-refractivity contribution in [1.82, 2.24) is 10.6 Å². The second kappa shape index (κ2) is 6.01. The van der Waals surface area contributed by atoms with E-state index in [9.17, 15) is 14.4 Å². The predicted octanol–water partition coefficient (Wildman–Crippen LogP) is 0.429. The number of carbonyl (C=O) groups excluding carboxylic acids is 3. The zero-order chi connectivity index (χ0) is 14.5. The predicted molar refractivity (Wildman–Crippen MR) is 74.1 cm³/mol. The lowest BCUT2D eigenvalue weighted by atomic mass is 10.1. The van der Waals surface area contributed by atoms with Gasteiger partial charge in [-0.3, -0.25) is 14.4 Å². The van der Waals surface area contributed by atoms with Crippen LogP contribution in [0.3, 0.4) is 0 Å². The molecule has 0 fully saturated rings. The third-order valence-corrected chi connectivity index (χ3v) is 2.88. The first-order valence-electron chi connectivity index (χ1n) is 6.20. The van der Waals surface area contributed by atoms with Crippen LogP contribution in [0, 0.1) is 0 Å². The fraction of sp³-hybridized carbons (Fsp3) is 0.214. The van der Waals surface area contributed by atoms with Crippen molar-refractivity contribution in [3.05, 3.63) is 42.5 Å². The standard InChI is InChI=1S/C14H15N3O3/c1-2-7-15-12(18)8-11-14(20)16-10-6-4-3-5-9(10)13(19)17-11/h2-6,11H,1,7-8H2,(H,15,18)(H,16,20)(H,17,19)/t11-/m1/s1. The van der Waals surface area contributed by atoms with Crippen LogP contribution in [0.2, 0.25) is 0 Å². The van der Waals surface area contributed by atoms with E-state index in [0.717, 1.165) is 0 Å². The first-order chi connectivity index (χ1) is 9.61. The Morgan fingerprint density at radius 3 is 2.85 bits per heavy atom. The van der Waals surface area contributed by atoms with Gasteiger partial charge in [-0.2, -0.15) is 0 Å². The molecule has 1 aliphatic heterocycles. The molecule has 1 atom stereocenters. The number of hydrogen-bond acceptors (Lipinski definition) is 3. The number of para-hydroxylation sites is 1. The molecular weight excluding hydrogens is 258 g/mol. The zero-order valence-corrected chi connectivity index (χ0v) is 10.8. The van der Waals surface area contributed by atoms with Crippen LogP contribution in [0.15, 0.2) is 36.9 Å². The van der Waals surface area contributed by atoms with Gasteiger partial charge in [-0.25, -0.2) is 0 Å². The van der Waals surface area contributed by atoms with E-state index in [2.05, 4.69) is 22.5 Å². The van der Waals surface area contributed by atoms with E-state index in [-0.39, 0.29) is 18.2 Å². The van der Waals surface area contributed by atoms with Crippen LogP contribution in [0.5, 0.6) is 0 Å². The molecule has 20 heavy (non-hydrogen) atoms. The van der Waals surface area contributed by atoms with Gasteiger partial charge < -0.3 is 16.0 Å². The first-order valence-corrected chi connectivity index (χ1v) is 6.20. The molecular formula is C14H15N3O3. The lowest BCUT2D eigenvalue weighted by molar-refractivity contribution is -0.125. The van der Waals surface area contributed by atoms with Crippen molar-refractivity contribution in [3.63, 3.8) is 0 Å². The minimum Gasteiger partial charge on any atom is -0.353 e. The Hall–Kier alpha value is -2.63. The molecule has 1 aliphatic rings. The van der Waals surface area contributed by atoms with E-state index in [1.807, 2.05) is 0 Å². The molecule has 0 saturated heterocycles. The molecule has 2 rings (SSSR count). The van der Waals surface area contributed by atoms with Crippen molar-refractivity contribution >= 4 is 23.4 Å². The Labute approximate surface area is 116 Å². The van der Waals surface area contributed by atoms with Gasteiger partial charge in [0.25, 0.3) is 5.91 Å². The second-order valence-corrected chi connectivity index (χ2v) is 4.36. The number of hydrogen-bond donors (Lipinski definition) is 3. The third-order valence-electron chi connectivity index (χ3n) is 2.88. The molecule has 1 heterocycles. The van der Waals surface area contributed by atoms with E-state index in [4.69, 9.17) is 0 Å². The summed E-state index contributed by atoms with van der Waals surface area (Å²) in [6, 6.07) is 5.81. The maximum absolute atomic E-state index is 12.0. The third kappa shape index (κ3) is 3.03. The van der Waals surface area contributed by atoms with Crippen LogP contribution in [-0.4, -0.2) is 30.3 Å². The zero-order valence-electron chi connectivity index (χ0n) is 10.8. The lowest BCUT2D eigenvalue weighted by Gasteiger charge is -2.13. The summed E-state index contributed by atoms with van der Waals surface area (Å²) in [6.45, 7) is 3.81. The SMILES string of the molecule is C=CCNC(=O)C[C@H]1NC(=O)c2ccccc2NC1=O. The summed E-state index contributed by atoms with van der Waals surface area (Å²) in [4.78, 5) is 35.6. The summed E-state index contributed by atoms with van der Waals surface area (Å²) in [5.41, 5.74) is 0.832. The summed E-state index contributed by atoms with van der Waals surface area (Å²) < 4.78 is 0. The van der Waals surface area contributed by atoms with Gasteiger partial charge in [-0.1, -0.05) is 18.2 Å². The molecule has 0 spiro atoms. The average molecular weight is 273 g/mol. The fourth-order valence-electron chi connectivity index (χ4n) is 1.90. The number of benzene rings is 1. The largest absolute Gasteiger partial charge is 0.353 e. The highest BCUT2D eigenvalue weighted by molar-refractivity contribution is 6.10. The summed E-state index contributed by atoms with van der Waals surface area (Å²) in [5, 5.41) is 7.76. The van der Waals surface area contributed by atoms with Crippen LogP contribution >= 0.6 is 0 Å². The van der Waals surface area contributed by atoms with Crippen LogP contribution in [0.25, 0.3) is 0 Å². The van der Waals surface area contributed by atoms with Gasteiger partial charge in [0.15, 0.2) is 0 Å². The van der Waals surface area contributed by atoms with E-state index >= 15 is 0 Å². The first kappa shape index (κ1) is 13.8. The van der Waals surface area contributed by atoms with Crippen molar-refractivity contribution < 1.29 is 14.4 Å². The molecule has 3 amide bonds. The number of rotatable bonds is 4. The molecule has 3 N–H and O–H groups in total. The fourth-order valence-corrected chi connectivity index (χ4v) is 1.90. The second-order valence-electron chi connectivity index (χ2n) is 4.36. The quantitative estimate of drug-likeness (QED) is 0.695. The van der Waals surface area contributed by atoms with Crippen molar-refractivity contribution in [2.45, 2.75) is 12.5 Å². The van der Waals surface area contributed by atoms with Gasteiger partial charge in [-0.05, 0) is 12.1 Å². The molecule has 0 aromatic heterocycles. The molecule has 6 nitrogen and oxygen atoms in total. The lowest BCUT2D eigenvalue weighted by Crippen LogP contribution is -2.44. The monoisotopic (exact) mass is 273 g/mol. The van der Waals surface area contributed by atoms with Gasteiger partial charge in [0.1, 0.15) is 6.04 Å².